The van der Waals surface area contributed by atoms with Crippen molar-refractivity contribution in [3.05, 3.63) is 0 Å². The van der Waals surface area contributed by atoms with E-state index in [1.165, 1.54) is 0 Å². The lowest BCUT2D eigenvalue weighted by molar-refractivity contribution is -0.145. The van der Waals surface area contributed by atoms with Crippen LogP contribution in [0.2, 0.25) is 0 Å². The fourth-order valence-corrected chi connectivity index (χ4v) is 1.04. The quantitative estimate of drug-likeness (QED) is 0.500. The van der Waals surface area contributed by atoms with E-state index in [1.54, 1.807) is 0 Å². The number of hydrogen-bond donors (Lipinski definition) is 4. The summed E-state index contributed by atoms with van der Waals surface area (Å²) in [6, 6.07) is -2.15. The average molecular weight is 275 g/mol. The Morgan fingerprint density at radius 3 is 2.11 bits per heavy atom. The van der Waals surface area contributed by atoms with E-state index in [9.17, 15) is 14.4 Å². The van der Waals surface area contributed by atoms with Gasteiger partial charge in [0.1, 0.15) is 6.04 Å². The van der Waals surface area contributed by atoms with Gasteiger partial charge in [-0.05, 0) is 27.9 Å². The molecule has 0 aromatic heterocycles. The van der Waals surface area contributed by atoms with E-state index in [0.29, 0.717) is 6.54 Å². The largest absolute Gasteiger partial charge is 0.481 e. The summed E-state index contributed by atoms with van der Waals surface area (Å²) >= 11 is 0. The Labute approximate surface area is 111 Å². The van der Waals surface area contributed by atoms with Crippen molar-refractivity contribution >= 4 is 18.0 Å². The van der Waals surface area contributed by atoms with Crippen LogP contribution in [0.3, 0.4) is 0 Å². The highest BCUT2D eigenvalue weighted by Gasteiger charge is 2.25. The van der Waals surface area contributed by atoms with Crippen molar-refractivity contribution < 1.29 is 24.6 Å². The number of carbonyl (C=O) groups excluding carboxylic acids is 1. The van der Waals surface area contributed by atoms with Crippen molar-refractivity contribution in [2.24, 2.45) is 0 Å². The molecule has 0 rings (SSSR count). The lowest BCUT2D eigenvalue weighted by Gasteiger charge is -2.32. The van der Waals surface area contributed by atoms with E-state index in [0.717, 1.165) is 0 Å². The molecule has 19 heavy (non-hydrogen) atoms. The molecule has 0 radical (unpaired) electrons. The summed E-state index contributed by atoms with van der Waals surface area (Å²) in [7, 11) is 3.70. The number of rotatable bonds is 7. The number of hydrogen-bond acceptors (Lipinski definition) is 4. The van der Waals surface area contributed by atoms with Gasteiger partial charge in [0.15, 0.2) is 0 Å². The molecule has 8 heteroatoms. The van der Waals surface area contributed by atoms with Crippen molar-refractivity contribution in [2.75, 3.05) is 20.6 Å². The maximum Gasteiger partial charge on any atom is 0.326 e. The molecule has 1 atom stereocenters. The molecule has 0 aromatic rings. The number of amides is 2. The Balaban J connectivity index is 4.36. The first-order valence-corrected chi connectivity index (χ1v) is 5.72. The molecule has 0 bridgehead atoms. The van der Waals surface area contributed by atoms with Crippen LogP contribution in [0.4, 0.5) is 4.79 Å². The average Bonchev–Trinajstić information content (AvgIpc) is 2.24. The highest BCUT2D eigenvalue weighted by atomic mass is 16.4. The van der Waals surface area contributed by atoms with Crippen LogP contribution in [0.5, 0.6) is 0 Å². The maximum atomic E-state index is 11.5. The minimum Gasteiger partial charge on any atom is -0.481 e. The summed E-state index contributed by atoms with van der Waals surface area (Å²) in [5.74, 6) is -2.68. The number of carboxylic acids is 2. The zero-order valence-electron chi connectivity index (χ0n) is 11.6. The number of carbonyl (C=O) groups is 3. The van der Waals surface area contributed by atoms with Gasteiger partial charge in [0.05, 0.1) is 6.42 Å². The monoisotopic (exact) mass is 275 g/mol. The van der Waals surface area contributed by atoms with Gasteiger partial charge < -0.3 is 25.7 Å². The third kappa shape index (κ3) is 6.61. The maximum absolute atomic E-state index is 11.5. The number of urea groups is 1. The van der Waals surface area contributed by atoms with Gasteiger partial charge in [0.2, 0.25) is 0 Å². The van der Waals surface area contributed by atoms with Gasteiger partial charge in [-0.25, -0.2) is 9.59 Å². The van der Waals surface area contributed by atoms with Crippen LogP contribution in [0.15, 0.2) is 0 Å². The SMILES string of the molecule is CN(C)C(C)(C)CNC(=O)N[C@@H](CC(=O)O)C(=O)O. The molecule has 0 unspecified atom stereocenters. The highest BCUT2D eigenvalue weighted by Crippen LogP contribution is 2.07. The third-order valence-corrected chi connectivity index (χ3v) is 2.87. The summed E-state index contributed by atoms with van der Waals surface area (Å²) in [6.45, 7) is 4.10. The Morgan fingerprint density at radius 1 is 1.21 bits per heavy atom. The third-order valence-electron chi connectivity index (χ3n) is 2.87. The Bertz CT molecular complexity index is 354. The van der Waals surface area contributed by atoms with Crippen molar-refractivity contribution in [1.29, 1.82) is 0 Å². The number of likely N-dealkylation sites (N-methyl/N-ethyl adjacent to an activating group) is 1. The van der Waals surface area contributed by atoms with E-state index in [1.807, 2.05) is 32.8 Å². The molecule has 0 heterocycles. The van der Waals surface area contributed by atoms with E-state index in [4.69, 9.17) is 10.2 Å². The summed E-state index contributed by atoms with van der Waals surface area (Å²) in [5, 5.41) is 21.9. The summed E-state index contributed by atoms with van der Waals surface area (Å²) in [5.41, 5.74) is -0.303. The second-order valence-corrected chi connectivity index (χ2v) is 5.02. The second kappa shape index (κ2) is 6.93. The topological polar surface area (TPSA) is 119 Å². The first kappa shape index (κ1) is 17.2. The lowest BCUT2D eigenvalue weighted by Crippen LogP contribution is -2.53. The number of nitrogens with one attached hydrogen (secondary N) is 2. The molecule has 8 nitrogen and oxygen atoms in total. The van der Waals surface area contributed by atoms with Crippen LogP contribution in [0.1, 0.15) is 20.3 Å². The lowest BCUT2D eigenvalue weighted by atomic mass is 10.0. The Kier molecular flexibility index (Phi) is 6.26. The van der Waals surface area contributed by atoms with Crippen LogP contribution in [0, 0.1) is 0 Å². The molecule has 0 spiro atoms. The van der Waals surface area contributed by atoms with Crippen molar-refractivity contribution in [3.63, 3.8) is 0 Å². The van der Waals surface area contributed by atoms with E-state index in [2.05, 4.69) is 10.6 Å². The minimum absolute atomic E-state index is 0.297. The predicted octanol–water partition coefficient (Wildman–Crippen LogP) is -0.446. The van der Waals surface area contributed by atoms with Crippen LogP contribution < -0.4 is 10.6 Å². The predicted molar refractivity (Wildman–Crippen MR) is 68.0 cm³/mol. The van der Waals surface area contributed by atoms with Gasteiger partial charge in [-0.1, -0.05) is 0 Å². The second-order valence-electron chi connectivity index (χ2n) is 5.02. The molecule has 0 saturated heterocycles. The van der Waals surface area contributed by atoms with Gasteiger partial charge in [-0.3, -0.25) is 4.79 Å². The molecule has 0 fully saturated rings. The van der Waals surface area contributed by atoms with E-state index in [-0.39, 0.29) is 5.54 Å². The molecule has 0 aliphatic rings. The fourth-order valence-electron chi connectivity index (χ4n) is 1.04. The van der Waals surface area contributed by atoms with Crippen LogP contribution in [-0.4, -0.2) is 65.3 Å². The molecule has 2 amide bonds. The first-order valence-electron chi connectivity index (χ1n) is 5.72. The van der Waals surface area contributed by atoms with E-state index >= 15 is 0 Å². The van der Waals surface area contributed by atoms with E-state index < -0.39 is 30.4 Å². The normalized spacial score (nSPS) is 12.9. The zero-order valence-corrected chi connectivity index (χ0v) is 11.6. The highest BCUT2D eigenvalue weighted by molar-refractivity contribution is 5.86. The molecule has 110 valence electrons. The van der Waals surface area contributed by atoms with Crippen molar-refractivity contribution in [2.45, 2.75) is 31.8 Å². The Hall–Kier alpha value is -1.83. The van der Waals surface area contributed by atoms with Crippen LogP contribution in [0.25, 0.3) is 0 Å². The smallest absolute Gasteiger partial charge is 0.326 e. The molecular weight excluding hydrogens is 254 g/mol. The fraction of sp³-hybridized carbons (Fsp3) is 0.727. The number of nitrogens with zero attached hydrogens (tertiary/aromatic N) is 1. The summed E-state index contributed by atoms with van der Waals surface area (Å²) < 4.78 is 0. The van der Waals surface area contributed by atoms with Gasteiger partial charge in [-0.2, -0.15) is 0 Å². The first-order chi connectivity index (χ1) is 8.56. The van der Waals surface area contributed by atoms with Crippen molar-refractivity contribution in [1.82, 2.24) is 15.5 Å². The van der Waals surface area contributed by atoms with Crippen LogP contribution >= 0.6 is 0 Å². The van der Waals surface area contributed by atoms with Gasteiger partial charge in [0, 0.05) is 12.1 Å². The zero-order chi connectivity index (χ0) is 15.2. The number of aliphatic carboxylic acids is 2. The molecule has 0 aliphatic carbocycles. The van der Waals surface area contributed by atoms with Crippen LogP contribution in [-0.2, 0) is 9.59 Å². The molecule has 0 aromatic carbocycles. The molecule has 4 N–H and O–H groups in total. The van der Waals surface area contributed by atoms with Gasteiger partial charge in [-0.15, -0.1) is 0 Å². The minimum atomic E-state index is -1.44. The summed E-state index contributed by atoms with van der Waals surface area (Å²) in [4.78, 5) is 34.6. The molecule has 0 aliphatic heterocycles. The number of carboxylic acid groups (broad SMARTS) is 2. The van der Waals surface area contributed by atoms with Gasteiger partial charge >= 0.3 is 18.0 Å². The molecule has 0 saturated carbocycles. The molecular formula is C11H21N3O5. The Morgan fingerprint density at radius 2 is 1.74 bits per heavy atom. The van der Waals surface area contributed by atoms with Crippen molar-refractivity contribution in [3.8, 4) is 0 Å². The van der Waals surface area contributed by atoms with Gasteiger partial charge in [0.25, 0.3) is 0 Å². The summed E-state index contributed by atoms with van der Waals surface area (Å²) in [6.07, 6.45) is -0.667. The standard InChI is InChI=1S/C11H21N3O5/c1-11(2,14(3)4)6-12-10(19)13-7(9(17)18)5-8(15)16/h7H,5-6H2,1-4H3,(H,15,16)(H,17,18)(H2,12,13,19)/t7-/m0/s1.